The highest BCUT2D eigenvalue weighted by Gasteiger charge is 2.10. The molecule has 98 valence electrons. The van der Waals surface area contributed by atoms with Crippen LogP contribution in [0, 0.1) is 20.8 Å². The molecule has 0 spiro atoms. The number of aromatic nitrogens is 2. The van der Waals surface area contributed by atoms with Crippen LogP contribution < -0.4 is 0 Å². The number of carbonyl (C=O) groups is 1. The zero-order chi connectivity index (χ0) is 13.7. The van der Waals surface area contributed by atoms with Gasteiger partial charge in [0.05, 0.1) is 6.61 Å². The smallest absolute Gasteiger partial charge is 0.334 e. The summed E-state index contributed by atoms with van der Waals surface area (Å²) in [5.41, 5.74) is 3.46. The average Bonchev–Trinajstić information content (AvgIpc) is 2.33. The standard InChI is InChI=1S/C13H18N2O2S/c1-6-17-12(16)8(2)7-18-13-14-10(4)9(3)11(5)15-13/h2,6-7H2,1,3-5H3. The van der Waals surface area contributed by atoms with E-state index in [2.05, 4.69) is 16.5 Å². The molecule has 0 unspecified atom stereocenters. The van der Waals surface area contributed by atoms with Crippen molar-refractivity contribution in [1.29, 1.82) is 0 Å². The fourth-order valence-corrected chi connectivity index (χ4v) is 2.07. The van der Waals surface area contributed by atoms with Crippen molar-refractivity contribution in [2.75, 3.05) is 12.4 Å². The van der Waals surface area contributed by atoms with Gasteiger partial charge in [0.15, 0.2) is 5.16 Å². The van der Waals surface area contributed by atoms with E-state index >= 15 is 0 Å². The molecule has 0 N–H and O–H groups in total. The van der Waals surface area contributed by atoms with E-state index in [0.29, 0.717) is 23.1 Å². The lowest BCUT2D eigenvalue weighted by Crippen LogP contribution is -2.08. The molecule has 0 saturated heterocycles. The predicted molar refractivity (Wildman–Crippen MR) is 72.7 cm³/mol. The second-order valence-electron chi connectivity index (χ2n) is 3.91. The van der Waals surface area contributed by atoms with Gasteiger partial charge in [0.25, 0.3) is 0 Å². The molecule has 5 heteroatoms. The molecule has 0 aliphatic heterocycles. The van der Waals surface area contributed by atoms with Gasteiger partial charge in [0, 0.05) is 22.7 Å². The van der Waals surface area contributed by atoms with Gasteiger partial charge in [-0.05, 0) is 33.3 Å². The molecule has 0 amide bonds. The van der Waals surface area contributed by atoms with E-state index in [-0.39, 0.29) is 5.97 Å². The van der Waals surface area contributed by atoms with E-state index in [4.69, 9.17) is 4.74 Å². The maximum Gasteiger partial charge on any atom is 0.334 e. The number of hydrogen-bond donors (Lipinski definition) is 0. The Morgan fingerprint density at radius 3 is 2.33 bits per heavy atom. The largest absolute Gasteiger partial charge is 0.463 e. The van der Waals surface area contributed by atoms with Crippen molar-refractivity contribution in [3.8, 4) is 0 Å². The lowest BCUT2D eigenvalue weighted by atomic mass is 10.2. The van der Waals surface area contributed by atoms with Crippen LogP contribution in [0.15, 0.2) is 17.3 Å². The zero-order valence-electron chi connectivity index (χ0n) is 11.2. The first-order valence-electron chi connectivity index (χ1n) is 5.75. The summed E-state index contributed by atoms with van der Waals surface area (Å²) in [7, 11) is 0. The Kier molecular flexibility index (Phi) is 5.34. The molecule has 0 saturated carbocycles. The maximum absolute atomic E-state index is 11.4. The predicted octanol–water partition coefficient (Wildman–Crippen LogP) is 2.61. The van der Waals surface area contributed by atoms with Gasteiger partial charge >= 0.3 is 5.97 Å². The number of nitrogens with zero attached hydrogens (tertiary/aromatic N) is 2. The van der Waals surface area contributed by atoms with Gasteiger partial charge in [0.2, 0.25) is 0 Å². The van der Waals surface area contributed by atoms with Crippen molar-refractivity contribution in [1.82, 2.24) is 9.97 Å². The van der Waals surface area contributed by atoms with Crippen LogP contribution in [0.2, 0.25) is 0 Å². The maximum atomic E-state index is 11.4. The number of aryl methyl sites for hydroxylation is 2. The molecule has 0 radical (unpaired) electrons. The first-order chi connectivity index (χ1) is 8.45. The van der Waals surface area contributed by atoms with Gasteiger partial charge in [-0.2, -0.15) is 0 Å². The lowest BCUT2D eigenvalue weighted by Gasteiger charge is -2.07. The fourth-order valence-electron chi connectivity index (χ4n) is 1.25. The topological polar surface area (TPSA) is 52.1 Å². The lowest BCUT2D eigenvalue weighted by molar-refractivity contribution is -0.138. The van der Waals surface area contributed by atoms with Crippen LogP contribution in [0.4, 0.5) is 0 Å². The molecule has 0 bridgehead atoms. The van der Waals surface area contributed by atoms with Crippen molar-refractivity contribution in [2.45, 2.75) is 32.9 Å². The molecule has 4 nitrogen and oxygen atoms in total. The third kappa shape index (κ3) is 3.84. The summed E-state index contributed by atoms with van der Waals surface area (Å²) < 4.78 is 4.87. The van der Waals surface area contributed by atoms with Crippen LogP contribution in [-0.4, -0.2) is 28.3 Å². The van der Waals surface area contributed by atoms with Crippen LogP contribution in [0.25, 0.3) is 0 Å². The molecular formula is C13H18N2O2S. The second kappa shape index (κ2) is 6.54. The van der Waals surface area contributed by atoms with Gasteiger partial charge in [-0.25, -0.2) is 14.8 Å². The third-order valence-electron chi connectivity index (χ3n) is 2.55. The van der Waals surface area contributed by atoms with Crippen molar-refractivity contribution in [3.63, 3.8) is 0 Å². The quantitative estimate of drug-likeness (QED) is 0.355. The average molecular weight is 266 g/mol. The van der Waals surface area contributed by atoms with E-state index in [0.717, 1.165) is 17.0 Å². The van der Waals surface area contributed by atoms with Crippen LogP contribution in [0.1, 0.15) is 23.9 Å². The van der Waals surface area contributed by atoms with Gasteiger partial charge in [-0.3, -0.25) is 0 Å². The first kappa shape index (κ1) is 14.7. The summed E-state index contributed by atoms with van der Waals surface area (Å²) in [5.74, 6) is 0.0892. The molecule has 0 aromatic carbocycles. The van der Waals surface area contributed by atoms with Crippen LogP contribution >= 0.6 is 11.8 Å². The highest BCUT2D eigenvalue weighted by atomic mass is 32.2. The molecule has 0 fully saturated rings. The molecule has 1 aromatic heterocycles. The van der Waals surface area contributed by atoms with Gasteiger partial charge in [0.1, 0.15) is 0 Å². The molecule has 1 aromatic rings. The Bertz CT molecular complexity index is 449. The minimum absolute atomic E-state index is 0.356. The normalized spacial score (nSPS) is 10.2. The second-order valence-corrected chi connectivity index (χ2v) is 4.86. The molecule has 0 aliphatic carbocycles. The molecular weight excluding hydrogens is 248 g/mol. The Morgan fingerprint density at radius 2 is 1.83 bits per heavy atom. The van der Waals surface area contributed by atoms with E-state index < -0.39 is 0 Å². The summed E-state index contributed by atoms with van der Waals surface area (Å²) in [6.07, 6.45) is 0. The first-order valence-corrected chi connectivity index (χ1v) is 6.73. The monoisotopic (exact) mass is 266 g/mol. The number of rotatable bonds is 5. The minimum atomic E-state index is -0.356. The van der Waals surface area contributed by atoms with Crippen molar-refractivity contribution in [2.24, 2.45) is 0 Å². The SMILES string of the molecule is C=C(CSc1nc(C)c(C)c(C)n1)C(=O)OCC. The van der Waals surface area contributed by atoms with Crippen LogP contribution in [0.3, 0.4) is 0 Å². The van der Waals surface area contributed by atoms with Crippen molar-refractivity contribution < 1.29 is 9.53 Å². The number of thioether (sulfide) groups is 1. The summed E-state index contributed by atoms with van der Waals surface area (Å²) in [6, 6.07) is 0. The molecule has 1 heterocycles. The summed E-state index contributed by atoms with van der Waals surface area (Å²) in [5, 5.41) is 0.668. The number of esters is 1. The van der Waals surface area contributed by atoms with E-state index in [9.17, 15) is 4.79 Å². The summed E-state index contributed by atoms with van der Waals surface area (Å²) in [4.78, 5) is 20.1. The highest BCUT2D eigenvalue weighted by molar-refractivity contribution is 7.99. The summed E-state index contributed by atoms with van der Waals surface area (Å²) in [6.45, 7) is 11.7. The van der Waals surface area contributed by atoms with Crippen LogP contribution in [-0.2, 0) is 9.53 Å². The molecule has 0 atom stereocenters. The Labute approximate surface area is 112 Å². The van der Waals surface area contributed by atoms with Crippen molar-refractivity contribution >= 4 is 17.7 Å². The Hall–Kier alpha value is -1.36. The van der Waals surface area contributed by atoms with Gasteiger partial charge in [-0.15, -0.1) is 0 Å². The van der Waals surface area contributed by atoms with Crippen LogP contribution in [0.5, 0.6) is 0 Å². The molecule has 1 rings (SSSR count). The number of carbonyl (C=O) groups excluding carboxylic acids is 1. The molecule has 0 aliphatic rings. The van der Waals surface area contributed by atoms with Gasteiger partial charge < -0.3 is 4.74 Å². The van der Waals surface area contributed by atoms with E-state index in [1.165, 1.54) is 11.8 Å². The minimum Gasteiger partial charge on any atom is -0.463 e. The zero-order valence-corrected chi connectivity index (χ0v) is 12.1. The summed E-state index contributed by atoms with van der Waals surface area (Å²) >= 11 is 1.40. The number of hydrogen-bond acceptors (Lipinski definition) is 5. The number of ether oxygens (including phenoxy) is 1. The van der Waals surface area contributed by atoms with Gasteiger partial charge in [-0.1, -0.05) is 18.3 Å². The fraction of sp³-hybridized carbons (Fsp3) is 0.462. The van der Waals surface area contributed by atoms with E-state index in [1.807, 2.05) is 20.8 Å². The van der Waals surface area contributed by atoms with E-state index in [1.54, 1.807) is 6.92 Å². The highest BCUT2D eigenvalue weighted by Crippen LogP contribution is 2.19. The molecule has 18 heavy (non-hydrogen) atoms. The Balaban J connectivity index is 2.64. The Morgan fingerprint density at radius 1 is 1.28 bits per heavy atom. The van der Waals surface area contributed by atoms with Crippen molar-refractivity contribution in [3.05, 3.63) is 29.1 Å². The third-order valence-corrected chi connectivity index (χ3v) is 3.49.